The second-order valence-corrected chi connectivity index (χ2v) is 3.68. The molecule has 0 atom stereocenters. The second kappa shape index (κ2) is 29.0. The Morgan fingerprint density at radius 3 is 0.647 bits per heavy atom. The summed E-state index contributed by atoms with van der Waals surface area (Å²) in [7, 11) is -10.1. The Morgan fingerprint density at radius 2 is 0.647 bits per heavy atom. The van der Waals surface area contributed by atoms with E-state index in [-0.39, 0.29) is 236 Å². The number of hydrogen-bond acceptors (Lipinski definition) is 3. The van der Waals surface area contributed by atoms with Gasteiger partial charge in [-0.1, -0.05) is 0 Å². The van der Waals surface area contributed by atoms with E-state index < -0.39 is 15.6 Å². The molecule has 0 radical (unpaired) electrons. The molecule has 0 saturated heterocycles. The first kappa shape index (κ1) is 56.2. The molecule has 7 nitrogen and oxygen atoms in total. The fraction of sp³-hybridized carbons (Fsp3) is 0. The molecule has 0 saturated carbocycles. The van der Waals surface area contributed by atoms with E-state index in [4.69, 9.17) is 19.6 Å². The van der Waals surface area contributed by atoms with Gasteiger partial charge in [-0.2, -0.15) is 4.31 Å². The number of phosphoric acid groups is 2. The van der Waals surface area contributed by atoms with Crippen LogP contribution in [0.3, 0.4) is 0 Å². The third-order valence-corrected chi connectivity index (χ3v) is 1.91. The van der Waals surface area contributed by atoms with Gasteiger partial charge in [0.1, 0.15) is 0 Å². The normalized spacial score (nSPS) is 7.29. The molecule has 0 aromatic carbocycles. The predicted molar refractivity (Wildman–Crippen MR) is 82.4 cm³/mol. The monoisotopic (exact) mass is 370 g/mol. The maximum atomic E-state index is 9.63. The SMILES string of the molecule is O=P(O)(O)OP(=O)(O)O.[NaH].[NaH].[NaH].[NaH].[NaH].[NaH].[NaH].[NaH]. The molecule has 0 bridgehead atoms. The quantitative estimate of drug-likeness (QED) is 0.282. The van der Waals surface area contributed by atoms with Gasteiger partial charge in [0.15, 0.2) is 0 Å². The summed E-state index contributed by atoms with van der Waals surface area (Å²) in [4.78, 5) is 31.0. The van der Waals surface area contributed by atoms with Crippen LogP contribution in [0.1, 0.15) is 0 Å². The fourth-order valence-corrected chi connectivity index (χ4v) is 1.25. The van der Waals surface area contributed by atoms with Gasteiger partial charge in [-0.25, -0.2) is 9.13 Å². The first-order valence-electron chi connectivity index (χ1n) is 1.53. The standard InChI is InChI=1S/8Na.H4O7P2.8H/c;;;;;;;;1-8(2,3)7-9(4,5)6;;;;;;;;/h;;;;;;;;(H2,1,2,3)(H2,4,5,6);;;;;;;;. The van der Waals surface area contributed by atoms with Crippen LogP contribution in [0, 0.1) is 0 Å². The van der Waals surface area contributed by atoms with Crippen LogP contribution in [0.4, 0.5) is 0 Å². The molecule has 17 heavy (non-hydrogen) atoms. The Labute approximate surface area is 277 Å². The molecule has 0 aromatic heterocycles. The molecule has 17 heteroatoms. The average Bonchev–Trinajstić information content (AvgIpc) is 1.14. The van der Waals surface area contributed by atoms with E-state index in [1.54, 1.807) is 0 Å². The van der Waals surface area contributed by atoms with Gasteiger partial charge >= 0.3 is 252 Å². The van der Waals surface area contributed by atoms with Crippen molar-refractivity contribution in [1.29, 1.82) is 0 Å². The molecule has 4 N–H and O–H groups in total. The Kier molecular flexibility index (Phi) is 96.1. The van der Waals surface area contributed by atoms with Crippen molar-refractivity contribution in [3.05, 3.63) is 0 Å². The molecular formula is H12Na8O7P2. The van der Waals surface area contributed by atoms with Crippen LogP contribution in [0.5, 0.6) is 0 Å². The zero-order chi connectivity index (χ0) is 7.71. The Balaban J connectivity index is -0.0000000114. The predicted octanol–water partition coefficient (Wildman–Crippen LogP) is -6.00. The summed E-state index contributed by atoms with van der Waals surface area (Å²) < 4.78 is 22.2. The fourth-order valence-electron chi connectivity index (χ4n) is 0.139. The van der Waals surface area contributed by atoms with E-state index in [2.05, 4.69) is 4.31 Å². The molecule has 72 valence electrons. The van der Waals surface area contributed by atoms with Gasteiger partial charge in [-0.15, -0.1) is 0 Å². The summed E-state index contributed by atoms with van der Waals surface area (Å²) >= 11 is 0. The molecule has 0 aliphatic heterocycles. The summed E-state index contributed by atoms with van der Waals surface area (Å²) in [6.45, 7) is 0. The van der Waals surface area contributed by atoms with Crippen molar-refractivity contribution < 1.29 is 33.0 Å². The van der Waals surface area contributed by atoms with Crippen LogP contribution in [0.2, 0.25) is 0 Å². The Bertz CT molecular complexity index is 164. The summed E-state index contributed by atoms with van der Waals surface area (Å²) in [6, 6.07) is 0. The van der Waals surface area contributed by atoms with Gasteiger partial charge in [0.05, 0.1) is 0 Å². The topological polar surface area (TPSA) is 124 Å². The zero-order valence-corrected chi connectivity index (χ0v) is 5.70. The van der Waals surface area contributed by atoms with Crippen LogP contribution in [0.25, 0.3) is 0 Å². The van der Waals surface area contributed by atoms with E-state index in [0.717, 1.165) is 0 Å². The summed E-state index contributed by atoms with van der Waals surface area (Å²) in [5.41, 5.74) is 0. The van der Waals surface area contributed by atoms with Gasteiger partial charge in [-0.05, 0) is 0 Å². The van der Waals surface area contributed by atoms with Crippen LogP contribution in [-0.4, -0.2) is 256 Å². The zero-order valence-electron chi connectivity index (χ0n) is 3.91. The van der Waals surface area contributed by atoms with Crippen molar-refractivity contribution in [2.24, 2.45) is 0 Å². The van der Waals surface area contributed by atoms with E-state index in [9.17, 15) is 9.13 Å². The van der Waals surface area contributed by atoms with Crippen LogP contribution in [0.15, 0.2) is 0 Å². The molecule has 0 aromatic rings. The average molecular weight is 370 g/mol. The van der Waals surface area contributed by atoms with Crippen molar-refractivity contribution in [3.63, 3.8) is 0 Å². The summed E-state index contributed by atoms with van der Waals surface area (Å²) in [6.07, 6.45) is 0. The number of hydrogen-bond donors (Lipinski definition) is 4. The van der Waals surface area contributed by atoms with Crippen molar-refractivity contribution in [2.45, 2.75) is 0 Å². The molecule has 0 unspecified atom stereocenters. The van der Waals surface area contributed by atoms with E-state index >= 15 is 0 Å². The van der Waals surface area contributed by atoms with Crippen molar-refractivity contribution in [1.82, 2.24) is 0 Å². The van der Waals surface area contributed by atoms with Crippen LogP contribution < -0.4 is 0 Å². The van der Waals surface area contributed by atoms with Gasteiger partial charge in [0.2, 0.25) is 0 Å². The molecular weight excluding hydrogens is 358 g/mol. The van der Waals surface area contributed by atoms with Crippen LogP contribution >= 0.6 is 15.6 Å². The molecule has 0 aliphatic carbocycles. The van der Waals surface area contributed by atoms with Crippen molar-refractivity contribution in [3.8, 4) is 0 Å². The van der Waals surface area contributed by atoms with Gasteiger partial charge in [0, 0.05) is 0 Å². The summed E-state index contributed by atoms with van der Waals surface area (Å²) in [5, 5.41) is 0. The number of rotatable bonds is 2. The molecule has 0 amide bonds. The van der Waals surface area contributed by atoms with Gasteiger partial charge in [0.25, 0.3) is 0 Å². The van der Waals surface area contributed by atoms with Crippen molar-refractivity contribution in [2.75, 3.05) is 0 Å². The van der Waals surface area contributed by atoms with Gasteiger partial charge < -0.3 is 19.6 Å². The first-order valence-corrected chi connectivity index (χ1v) is 4.59. The van der Waals surface area contributed by atoms with E-state index in [0.29, 0.717) is 0 Å². The molecule has 0 aliphatic rings. The Hall–Kier alpha value is 8.26. The van der Waals surface area contributed by atoms with E-state index in [1.165, 1.54) is 0 Å². The molecule has 0 heterocycles. The molecule has 0 spiro atoms. The van der Waals surface area contributed by atoms with Crippen molar-refractivity contribution >= 4 is 252 Å². The minimum absolute atomic E-state index is 0. The third kappa shape index (κ3) is 59.1. The Morgan fingerprint density at radius 1 is 0.529 bits per heavy atom. The third-order valence-electron chi connectivity index (χ3n) is 0.213. The van der Waals surface area contributed by atoms with Crippen LogP contribution in [-0.2, 0) is 13.4 Å². The summed E-state index contributed by atoms with van der Waals surface area (Å²) in [5.74, 6) is 0. The molecule has 0 fully saturated rings. The molecule has 0 rings (SSSR count). The second-order valence-electron chi connectivity index (χ2n) is 1.06. The maximum absolute atomic E-state index is 9.63. The van der Waals surface area contributed by atoms with E-state index in [1.807, 2.05) is 0 Å². The minimum atomic E-state index is -5.05. The first-order chi connectivity index (χ1) is 3.71. The van der Waals surface area contributed by atoms with Gasteiger partial charge in [-0.3, -0.25) is 0 Å².